The molecule has 0 radical (unpaired) electrons. The van der Waals surface area contributed by atoms with Gasteiger partial charge in [-0.15, -0.1) is 11.8 Å². The molecule has 0 bridgehead atoms. The van der Waals surface area contributed by atoms with Gasteiger partial charge < -0.3 is 10.5 Å². The molecule has 2 N–H and O–H groups in total. The predicted octanol–water partition coefficient (Wildman–Crippen LogP) is 6.05. The third-order valence-corrected chi connectivity index (χ3v) is 7.88. The van der Waals surface area contributed by atoms with Gasteiger partial charge in [0.05, 0.1) is 17.3 Å². The molecule has 0 saturated carbocycles. The van der Waals surface area contributed by atoms with Crippen molar-refractivity contribution in [3.8, 4) is 11.8 Å². The SMILES string of the molecule is CC(C)(C)OC(=O)N1C[C@@H](SC(c2ccccc2)(c2ccccc2)c2ccccc2)C[C@H]1C#CCN. The highest BCUT2D eigenvalue weighted by Crippen LogP contribution is 2.52. The molecule has 4 nitrogen and oxygen atoms in total. The zero-order valence-electron chi connectivity index (χ0n) is 21.2. The second-order valence-corrected chi connectivity index (χ2v) is 11.4. The van der Waals surface area contributed by atoms with Crippen molar-refractivity contribution < 1.29 is 9.53 Å². The molecule has 36 heavy (non-hydrogen) atoms. The third-order valence-electron chi connectivity index (χ3n) is 6.15. The quantitative estimate of drug-likeness (QED) is 0.344. The summed E-state index contributed by atoms with van der Waals surface area (Å²) in [7, 11) is 0. The predicted molar refractivity (Wildman–Crippen MR) is 149 cm³/mol. The minimum atomic E-state index is -0.573. The first kappa shape index (κ1) is 25.9. The number of likely N-dealkylation sites (tertiary alicyclic amines) is 1. The molecule has 5 heteroatoms. The van der Waals surface area contributed by atoms with Gasteiger partial charge in [0.25, 0.3) is 0 Å². The molecule has 1 fully saturated rings. The number of benzene rings is 3. The van der Waals surface area contributed by atoms with E-state index in [4.69, 9.17) is 10.5 Å². The smallest absolute Gasteiger partial charge is 0.411 e. The van der Waals surface area contributed by atoms with Gasteiger partial charge in [-0.1, -0.05) is 103 Å². The summed E-state index contributed by atoms with van der Waals surface area (Å²) < 4.78 is 5.29. The molecular weight excluding hydrogens is 464 g/mol. The number of thioether (sulfide) groups is 1. The molecule has 0 aliphatic carbocycles. The van der Waals surface area contributed by atoms with Crippen molar-refractivity contribution in [1.29, 1.82) is 0 Å². The van der Waals surface area contributed by atoms with Gasteiger partial charge in [0.1, 0.15) is 5.60 Å². The van der Waals surface area contributed by atoms with E-state index in [1.54, 1.807) is 4.90 Å². The van der Waals surface area contributed by atoms with E-state index in [-0.39, 0.29) is 23.9 Å². The number of ether oxygens (including phenoxy) is 1. The first-order valence-corrected chi connectivity index (χ1v) is 13.2. The normalized spacial score (nSPS) is 17.8. The van der Waals surface area contributed by atoms with Gasteiger partial charge >= 0.3 is 6.09 Å². The number of amides is 1. The van der Waals surface area contributed by atoms with E-state index in [1.165, 1.54) is 16.7 Å². The maximum atomic E-state index is 13.2. The van der Waals surface area contributed by atoms with Crippen molar-refractivity contribution in [2.24, 2.45) is 5.73 Å². The van der Waals surface area contributed by atoms with E-state index in [1.807, 2.05) is 50.7 Å². The van der Waals surface area contributed by atoms with E-state index >= 15 is 0 Å². The minimum Gasteiger partial charge on any atom is -0.444 e. The van der Waals surface area contributed by atoms with Crippen LogP contribution in [0, 0.1) is 11.8 Å². The maximum Gasteiger partial charge on any atom is 0.411 e. The molecule has 186 valence electrons. The lowest BCUT2D eigenvalue weighted by atomic mass is 9.84. The zero-order chi connectivity index (χ0) is 25.6. The Morgan fingerprint density at radius 3 is 1.81 bits per heavy atom. The Morgan fingerprint density at radius 2 is 1.39 bits per heavy atom. The summed E-state index contributed by atoms with van der Waals surface area (Å²) in [5.74, 6) is 6.21. The van der Waals surface area contributed by atoms with Gasteiger partial charge in [0.2, 0.25) is 0 Å². The van der Waals surface area contributed by atoms with Crippen LogP contribution in [-0.2, 0) is 9.48 Å². The highest BCUT2D eigenvalue weighted by molar-refractivity contribution is 8.01. The summed E-state index contributed by atoms with van der Waals surface area (Å²) in [6, 6.07) is 31.6. The van der Waals surface area contributed by atoms with E-state index in [0.717, 1.165) is 6.42 Å². The molecule has 1 heterocycles. The van der Waals surface area contributed by atoms with Crippen molar-refractivity contribution in [1.82, 2.24) is 4.90 Å². The third kappa shape index (κ3) is 5.78. The molecular formula is C31H34N2O2S. The standard InChI is InChI=1S/C31H34N2O2S/c1-30(2,3)35-29(34)33-23-28(22-27(33)20-13-21-32)36-31(24-14-7-4-8-15-24,25-16-9-5-10-17-25)26-18-11-6-12-19-26/h4-12,14-19,27-28H,21-23,32H2,1-3H3/t27-,28+/m1/s1. The maximum absolute atomic E-state index is 13.2. The number of hydrogen-bond donors (Lipinski definition) is 1. The topological polar surface area (TPSA) is 55.6 Å². The van der Waals surface area contributed by atoms with Gasteiger partial charge in [-0.2, -0.15) is 0 Å². The van der Waals surface area contributed by atoms with Crippen LogP contribution in [0.15, 0.2) is 91.0 Å². The van der Waals surface area contributed by atoms with Crippen LogP contribution in [0.4, 0.5) is 4.79 Å². The van der Waals surface area contributed by atoms with Crippen LogP contribution in [0.2, 0.25) is 0 Å². The molecule has 3 aromatic carbocycles. The molecule has 3 aromatic rings. The summed E-state index contributed by atoms with van der Waals surface area (Å²) >= 11 is 1.89. The summed E-state index contributed by atoms with van der Waals surface area (Å²) in [6.45, 7) is 6.48. The zero-order valence-corrected chi connectivity index (χ0v) is 22.0. The fourth-order valence-corrected chi connectivity index (χ4v) is 6.52. The molecule has 1 aliphatic rings. The Morgan fingerprint density at radius 1 is 0.917 bits per heavy atom. The fraction of sp³-hybridized carbons (Fsp3) is 0.323. The average Bonchev–Trinajstić information content (AvgIpc) is 3.29. The second kappa shape index (κ2) is 11.2. The summed E-state index contributed by atoms with van der Waals surface area (Å²) in [5, 5.41) is 0.134. The van der Waals surface area contributed by atoms with E-state index in [0.29, 0.717) is 6.54 Å². The van der Waals surface area contributed by atoms with Crippen LogP contribution >= 0.6 is 11.8 Å². The Labute approximate surface area is 219 Å². The summed E-state index contributed by atoms with van der Waals surface area (Å²) in [6.07, 6.45) is 0.414. The van der Waals surface area contributed by atoms with E-state index in [9.17, 15) is 4.79 Å². The van der Waals surface area contributed by atoms with Crippen LogP contribution in [0.3, 0.4) is 0 Å². The van der Waals surface area contributed by atoms with Crippen molar-refractivity contribution in [2.75, 3.05) is 13.1 Å². The average molecular weight is 499 g/mol. The highest BCUT2D eigenvalue weighted by atomic mass is 32.2. The van der Waals surface area contributed by atoms with E-state index in [2.05, 4.69) is 84.6 Å². The largest absolute Gasteiger partial charge is 0.444 e. The van der Waals surface area contributed by atoms with Gasteiger partial charge in [0, 0.05) is 11.8 Å². The molecule has 1 amide bonds. The monoisotopic (exact) mass is 498 g/mol. The van der Waals surface area contributed by atoms with E-state index < -0.39 is 10.3 Å². The van der Waals surface area contributed by atoms with Crippen molar-refractivity contribution >= 4 is 17.9 Å². The molecule has 4 rings (SSSR count). The number of carbonyl (C=O) groups excluding carboxylic acids is 1. The Balaban J connectivity index is 1.78. The van der Waals surface area contributed by atoms with Gasteiger partial charge in [0.15, 0.2) is 0 Å². The van der Waals surface area contributed by atoms with Crippen LogP contribution in [0.25, 0.3) is 0 Å². The highest BCUT2D eigenvalue weighted by Gasteiger charge is 2.44. The molecule has 0 aromatic heterocycles. The minimum absolute atomic E-state index is 0.134. The molecule has 1 saturated heterocycles. The van der Waals surface area contributed by atoms with Crippen LogP contribution < -0.4 is 5.73 Å². The summed E-state index contributed by atoms with van der Waals surface area (Å²) in [4.78, 5) is 14.9. The molecule has 1 aliphatic heterocycles. The number of carbonyl (C=O) groups is 1. The number of hydrogen-bond acceptors (Lipinski definition) is 4. The van der Waals surface area contributed by atoms with Gasteiger partial charge in [-0.05, 0) is 43.9 Å². The number of nitrogens with zero attached hydrogens (tertiary/aromatic N) is 1. The van der Waals surface area contributed by atoms with Crippen LogP contribution in [-0.4, -0.2) is 41.0 Å². The van der Waals surface area contributed by atoms with Crippen molar-refractivity contribution in [3.05, 3.63) is 108 Å². The van der Waals surface area contributed by atoms with Gasteiger partial charge in [-0.3, -0.25) is 4.90 Å². The number of nitrogens with two attached hydrogens (primary N) is 1. The first-order valence-electron chi connectivity index (χ1n) is 12.4. The second-order valence-electron chi connectivity index (χ2n) is 9.93. The van der Waals surface area contributed by atoms with Crippen LogP contribution in [0.5, 0.6) is 0 Å². The molecule has 2 atom stereocenters. The Hall–Kier alpha value is -3.20. The fourth-order valence-electron chi connectivity index (χ4n) is 4.69. The lowest BCUT2D eigenvalue weighted by Crippen LogP contribution is -2.39. The van der Waals surface area contributed by atoms with Crippen molar-refractivity contribution in [2.45, 2.75) is 48.8 Å². The molecule has 0 unspecified atom stereocenters. The molecule has 0 spiro atoms. The number of rotatable bonds is 5. The van der Waals surface area contributed by atoms with Crippen LogP contribution in [0.1, 0.15) is 43.9 Å². The Bertz CT molecular complexity index is 1100. The summed E-state index contributed by atoms with van der Waals surface area (Å²) in [5.41, 5.74) is 8.71. The lowest BCUT2D eigenvalue weighted by Gasteiger charge is -2.37. The Kier molecular flexibility index (Phi) is 8.08. The lowest BCUT2D eigenvalue weighted by molar-refractivity contribution is 0.0261. The van der Waals surface area contributed by atoms with Crippen molar-refractivity contribution in [3.63, 3.8) is 0 Å². The first-order chi connectivity index (χ1) is 17.3. The van der Waals surface area contributed by atoms with Gasteiger partial charge in [-0.25, -0.2) is 4.79 Å².